The molecule has 0 radical (unpaired) electrons. The number of carbonyl (C=O) groups is 1. The first-order valence-electron chi connectivity index (χ1n) is 4.03. The summed E-state index contributed by atoms with van der Waals surface area (Å²) in [5.74, 6) is 1.96. The highest BCUT2D eigenvalue weighted by Gasteiger charge is 2.39. The second kappa shape index (κ2) is 2.06. The molecule has 0 aromatic carbocycles. The van der Waals surface area contributed by atoms with Crippen LogP contribution in [0.2, 0.25) is 0 Å². The summed E-state index contributed by atoms with van der Waals surface area (Å²) in [4.78, 5) is 10.6. The zero-order valence-corrected chi connectivity index (χ0v) is 6.05. The fourth-order valence-corrected chi connectivity index (χ4v) is 1.95. The molecule has 2 N–H and O–H groups in total. The van der Waals surface area contributed by atoms with Gasteiger partial charge in [-0.1, -0.05) is 0 Å². The molecule has 0 heterocycles. The lowest BCUT2D eigenvalue weighted by molar-refractivity contribution is -0.129. The van der Waals surface area contributed by atoms with Gasteiger partial charge in [0.15, 0.2) is 0 Å². The number of rotatable bonds is 1. The topological polar surface area (TPSA) is 43.1 Å². The second-order valence-electron chi connectivity index (χ2n) is 3.70. The smallest absolute Gasteiger partial charge is 0.133 e. The molecule has 2 aliphatic carbocycles. The lowest BCUT2D eigenvalue weighted by Gasteiger charge is -2.41. The van der Waals surface area contributed by atoms with Gasteiger partial charge in [0, 0.05) is 18.9 Å². The van der Waals surface area contributed by atoms with E-state index in [1.54, 1.807) is 0 Å². The monoisotopic (exact) mass is 139 g/mol. The molecule has 0 spiro atoms. The molecule has 2 saturated carbocycles. The van der Waals surface area contributed by atoms with Crippen LogP contribution in [0.4, 0.5) is 0 Å². The Morgan fingerprint density at radius 3 is 2.20 bits per heavy atom. The van der Waals surface area contributed by atoms with Crippen molar-refractivity contribution in [3.05, 3.63) is 0 Å². The maximum atomic E-state index is 10.6. The van der Waals surface area contributed by atoms with Gasteiger partial charge in [0.2, 0.25) is 0 Å². The Balaban J connectivity index is 1.77. The Morgan fingerprint density at radius 1 is 1.20 bits per heavy atom. The van der Waals surface area contributed by atoms with Crippen molar-refractivity contribution in [3.63, 3.8) is 0 Å². The Morgan fingerprint density at radius 2 is 1.80 bits per heavy atom. The van der Waals surface area contributed by atoms with E-state index in [0.29, 0.717) is 17.7 Å². The second-order valence-corrected chi connectivity index (χ2v) is 3.70. The van der Waals surface area contributed by atoms with Gasteiger partial charge in [-0.05, 0) is 24.7 Å². The van der Waals surface area contributed by atoms with Gasteiger partial charge in [-0.2, -0.15) is 0 Å². The molecule has 0 bridgehead atoms. The molecule has 0 atom stereocenters. The third-order valence-corrected chi connectivity index (χ3v) is 2.86. The van der Waals surface area contributed by atoms with Gasteiger partial charge in [0.25, 0.3) is 0 Å². The van der Waals surface area contributed by atoms with Crippen LogP contribution in [0.25, 0.3) is 0 Å². The van der Waals surface area contributed by atoms with E-state index >= 15 is 0 Å². The minimum atomic E-state index is 0.445. The number of Topliss-reactive ketones (excluding diaryl/α,β-unsaturated/α-hetero) is 1. The molecule has 0 aromatic rings. The SMILES string of the molecule is NC1CC(C2CC(=O)C2)C1. The quantitative estimate of drug-likeness (QED) is 0.581. The van der Waals surface area contributed by atoms with Crippen LogP contribution in [0.3, 0.4) is 0 Å². The van der Waals surface area contributed by atoms with Crippen LogP contribution >= 0.6 is 0 Å². The highest BCUT2D eigenvalue weighted by atomic mass is 16.1. The Labute approximate surface area is 60.8 Å². The van der Waals surface area contributed by atoms with E-state index in [4.69, 9.17) is 5.73 Å². The molecule has 56 valence electrons. The number of hydrogen-bond donors (Lipinski definition) is 1. The van der Waals surface area contributed by atoms with E-state index < -0.39 is 0 Å². The van der Waals surface area contributed by atoms with Crippen molar-refractivity contribution in [3.8, 4) is 0 Å². The molecule has 2 fully saturated rings. The first-order chi connectivity index (χ1) is 4.75. The van der Waals surface area contributed by atoms with Crippen molar-refractivity contribution in [1.82, 2.24) is 0 Å². The first-order valence-corrected chi connectivity index (χ1v) is 4.03. The van der Waals surface area contributed by atoms with E-state index in [0.717, 1.165) is 31.6 Å². The van der Waals surface area contributed by atoms with Crippen LogP contribution < -0.4 is 5.73 Å². The molecule has 0 aliphatic heterocycles. The van der Waals surface area contributed by atoms with Gasteiger partial charge < -0.3 is 5.73 Å². The van der Waals surface area contributed by atoms with Crippen LogP contribution in [0.1, 0.15) is 25.7 Å². The van der Waals surface area contributed by atoms with Gasteiger partial charge >= 0.3 is 0 Å². The number of hydrogen-bond acceptors (Lipinski definition) is 2. The van der Waals surface area contributed by atoms with Crippen LogP contribution in [0.15, 0.2) is 0 Å². The predicted octanol–water partition coefficient (Wildman–Crippen LogP) is 0.703. The molecule has 2 rings (SSSR count). The average molecular weight is 139 g/mol. The molecule has 0 aromatic heterocycles. The zero-order valence-electron chi connectivity index (χ0n) is 6.05. The fraction of sp³-hybridized carbons (Fsp3) is 0.875. The van der Waals surface area contributed by atoms with Crippen LogP contribution in [-0.4, -0.2) is 11.8 Å². The summed E-state index contributed by atoms with van der Waals surface area (Å²) < 4.78 is 0. The molecule has 2 heteroatoms. The van der Waals surface area contributed by atoms with Gasteiger partial charge in [-0.3, -0.25) is 4.79 Å². The molecule has 0 amide bonds. The van der Waals surface area contributed by atoms with Gasteiger partial charge in [-0.15, -0.1) is 0 Å². The van der Waals surface area contributed by atoms with E-state index in [9.17, 15) is 4.79 Å². The number of ketones is 1. The van der Waals surface area contributed by atoms with E-state index in [-0.39, 0.29) is 0 Å². The maximum Gasteiger partial charge on any atom is 0.133 e. The molecule has 10 heavy (non-hydrogen) atoms. The van der Waals surface area contributed by atoms with Gasteiger partial charge in [0.1, 0.15) is 5.78 Å². The van der Waals surface area contributed by atoms with E-state index in [2.05, 4.69) is 0 Å². The summed E-state index contributed by atoms with van der Waals surface area (Å²) in [5, 5.41) is 0. The summed E-state index contributed by atoms with van der Waals surface area (Å²) in [5.41, 5.74) is 5.64. The summed E-state index contributed by atoms with van der Waals surface area (Å²) in [6.07, 6.45) is 4.02. The summed E-state index contributed by atoms with van der Waals surface area (Å²) in [6.45, 7) is 0. The molecular weight excluding hydrogens is 126 g/mol. The number of carbonyl (C=O) groups excluding carboxylic acids is 1. The third kappa shape index (κ3) is 0.870. The fourth-order valence-electron chi connectivity index (χ4n) is 1.95. The van der Waals surface area contributed by atoms with Crippen molar-refractivity contribution in [2.75, 3.05) is 0 Å². The van der Waals surface area contributed by atoms with Crippen LogP contribution in [-0.2, 0) is 4.79 Å². The largest absolute Gasteiger partial charge is 0.328 e. The average Bonchev–Trinajstić information content (AvgIpc) is 1.74. The minimum Gasteiger partial charge on any atom is -0.328 e. The summed E-state index contributed by atoms with van der Waals surface area (Å²) >= 11 is 0. The van der Waals surface area contributed by atoms with Crippen molar-refractivity contribution in [2.24, 2.45) is 17.6 Å². The molecule has 0 unspecified atom stereocenters. The molecular formula is C8H13NO. The summed E-state index contributed by atoms with van der Waals surface area (Å²) in [6, 6.07) is 0.445. The van der Waals surface area contributed by atoms with Crippen LogP contribution in [0.5, 0.6) is 0 Å². The van der Waals surface area contributed by atoms with E-state index in [1.807, 2.05) is 0 Å². The molecule has 0 saturated heterocycles. The highest BCUT2D eigenvalue weighted by molar-refractivity contribution is 5.84. The summed E-state index contributed by atoms with van der Waals surface area (Å²) in [7, 11) is 0. The highest BCUT2D eigenvalue weighted by Crippen LogP contribution is 2.41. The van der Waals surface area contributed by atoms with Gasteiger partial charge in [0.05, 0.1) is 0 Å². The van der Waals surface area contributed by atoms with Crippen molar-refractivity contribution < 1.29 is 4.79 Å². The molecule has 2 aliphatic rings. The Hall–Kier alpha value is -0.370. The van der Waals surface area contributed by atoms with Crippen molar-refractivity contribution in [1.29, 1.82) is 0 Å². The lowest BCUT2D eigenvalue weighted by atomic mass is 9.64. The minimum absolute atomic E-state index is 0.445. The zero-order chi connectivity index (χ0) is 7.14. The Bertz CT molecular complexity index is 153. The number of nitrogens with two attached hydrogens (primary N) is 1. The molecule has 2 nitrogen and oxygen atoms in total. The van der Waals surface area contributed by atoms with E-state index in [1.165, 1.54) is 0 Å². The first kappa shape index (κ1) is 6.35. The van der Waals surface area contributed by atoms with Crippen LogP contribution in [0, 0.1) is 11.8 Å². The lowest BCUT2D eigenvalue weighted by Crippen LogP contribution is -2.44. The maximum absolute atomic E-state index is 10.6. The third-order valence-electron chi connectivity index (χ3n) is 2.86. The predicted molar refractivity (Wildman–Crippen MR) is 38.4 cm³/mol. The van der Waals surface area contributed by atoms with Gasteiger partial charge in [-0.25, -0.2) is 0 Å². The standard InChI is InChI=1S/C8H13NO/c9-7-1-5(2-7)6-3-8(10)4-6/h5-7H,1-4,9H2. The van der Waals surface area contributed by atoms with Crippen molar-refractivity contribution >= 4 is 5.78 Å². The van der Waals surface area contributed by atoms with Crippen molar-refractivity contribution in [2.45, 2.75) is 31.7 Å². The normalized spacial score (nSPS) is 40.7. The Kier molecular flexibility index (Phi) is 1.31.